The Labute approximate surface area is 208 Å². The number of rotatable bonds is 5. The summed E-state index contributed by atoms with van der Waals surface area (Å²) in [6.07, 6.45) is 7.55. The summed E-state index contributed by atoms with van der Waals surface area (Å²) in [6.45, 7) is 0. The first kappa shape index (κ1) is 21.3. The van der Waals surface area contributed by atoms with Crippen molar-refractivity contribution >= 4 is 34.2 Å². The van der Waals surface area contributed by atoms with Crippen LogP contribution in [0, 0.1) is 23.2 Å². The number of carbonyl (C=O) groups excluding carboxylic acids is 2. The van der Waals surface area contributed by atoms with Gasteiger partial charge >= 0.3 is 0 Å². The van der Waals surface area contributed by atoms with E-state index in [1.165, 1.54) is 19.3 Å². The largest absolute Gasteiger partial charge is 0.338 e. The van der Waals surface area contributed by atoms with Gasteiger partial charge in [0.05, 0.1) is 16.4 Å². The van der Waals surface area contributed by atoms with E-state index in [4.69, 9.17) is 4.98 Å². The van der Waals surface area contributed by atoms with Crippen molar-refractivity contribution in [2.24, 2.45) is 23.2 Å². The Morgan fingerprint density at radius 1 is 0.889 bits per heavy atom. The van der Waals surface area contributed by atoms with Crippen molar-refractivity contribution in [3.8, 4) is 11.4 Å². The minimum absolute atomic E-state index is 0.130. The number of amides is 2. The summed E-state index contributed by atoms with van der Waals surface area (Å²) in [6, 6.07) is 18.7. The molecule has 4 saturated carbocycles. The average Bonchev–Trinajstić information content (AvgIpc) is 3.51. The summed E-state index contributed by atoms with van der Waals surface area (Å²) in [4.78, 5) is 37.8. The predicted octanol–water partition coefficient (Wildman–Crippen LogP) is 5.64. The maximum absolute atomic E-state index is 13.3. The average molecular weight is 478 g/mol. The number of nitrogens with one attached hydrogen (secondary N) is 3. The monoisotopic (exact) mass is 477 g/mol. The van der Waals surface area contributed by atoms with Crippen LogP contribution in [-0.4, -0.2) is 26.8 Å². The molecule has 180 valence electrons. The first-order valence-electron chi connectivity index (χ1n) is 12.7. The fourth-order valence-electron chi connectivity index (χ4n) is 7.05. The lowest BCUT2D eigenvalue weighted by molar-refractivity contribution is -0.127. The van der Waals surface area contributed by atoms with Crippen LogP contribution in [0.1, 0.15) is 42.6 Å². The Morgan fingerprint density at radius 2 is 1.67 bits per heavy atom. The summed E-state index contributed by atoms with van der Waals surface area (Å²) in [5.74, 6) is 2.79. The van der Waals surface area contributed by atoms with Gasteiger partial charge in [-0.1, -0.05) is 6.07 Å². The highest BCUT2D eigenvalue weighted by molar-refractivity contribution is 6.03. The standard InChI is InChI=1S/C29H27N5O2/c35-27(24-3-1-2-10-30-24)31-22-8-9-23-25(14-22)34-26(33-23)19-4-6-21(7-5-19)32-28(36)29-15-17-11-18(16-29)13-20(29)12-17/h1-10,14,17-18,20H,11-13,15-16H2,(H,31,35)(H,32,36)(H,33,34). The number of H-pyrrole nitrogens is 1. The second-order valence-corrected chi connectivity index (χ2v) is 10.7. The molecule has 2 heterocycles. The van der Waals surface area contributed by atoms with Crippen molar-refractivity contribution in [3.63, 3.8) is 0 Å². The van der Waals surface area contributed by atoms with Gasteiger partial charge in [-0.3, -0.25) is 14.6 Å². The van der Waals surface area contributed by atoms with E-state index in [-0.39, 0.29) is 17.2 Å². The maximum Gasteiger partial charge on any atom is 0.274 e. The zero-order valence-electron chi connectivity index (χ0n) is 19.8. The van der Waals surface area contributed by atoms with Gasteiger partial charge < -0.3 is 15.6 Å². The molecule has 4 bridgehead atoms. The third-order valence-corrected chi connectivity index (χ3v) is 8.50. The Hall–Kier alpha value is -4.00. The number of benzene rings is 2. The molecular weight excluding hydrogens is 450 g/mol. The molecule has 0 radical (unpaired) electrons. The molecule has 3 N–H and O–H groups in total. The molecule has 4 aromatic rings. The molecule has 7 nitrogen and oxygen atoms in total. The van der Waals surface area contributed by atoms with E-state index in [9.17, 15) is 9.59 Å². The van der Waals surface area contributed by atoms with Gasteiger partial charge in [-0.25, -0.2) is 4.98 Å². The molecule has 0 aliphatic heterocycles. The fraction of sp³-hybridized carbons (Fsp3) is 0.310. The second-order valence-electron chi connectivity index (χ2n) is 10.7. The number of hydrogen-bond acceptors (Lipinski definition) is 4. The summed E-state index contributed by atoms with van der Waals surface area (Å²) in [5, 5.41) is 6.10. The van der Waals surface area contributed by atoms with Gasteiger partial charge in [0.15, 0.2) is 0 Å². The fourth-order valence-corrected chi connectivity index (χ4v) is 7.05. The van der Waals surface area contributed by atoms with Crippen molar-refractivity contribution in [2.75, 3.05) is 10.6 Å². The number of hydrogen-bond donors (Lipinski definition) is 3. The lowest BCUT2D eigenvalue weighted by atomic mass is 9.75. The third-order valence-electron chi connectivity index (χ3n) is 8.50. The number of carbonyl (C=O) groups is 2. The zero-order chi connectivity index (χ0) is 24.3. The molecule has 2 aromatic carbocycles. The predicted molar refractivity (Wildman–Crippen MR) is 138 cm³/mol. The molecule has 0 saturated heterocycles. The Balaban J connectivity index is 1.06. The lowest BCUT2D eigenvalue weighted by Gasteiger charge is -2.31. The number of imidazole rings is 1. The van der Waals surface area contributed by atoms with E-state index in [1.807, 2.05) is 42.5 Å². The van der Waals surface area contributed by atoms with Gasteiger partial charge in [-0.15, -0.1) is 0 Å². The minimum Gasteiger partial charge on any atom is -0.338 e. The van der Waals surface area contributed by atoms with Gasteiger partial charge in [0.25, 0.3) is 5.91 Å². The number of fused-ring (bicyclic) bond motifs is 1. The zero-order valence-corrected chi connectivity index (χ0v) is 19.8. The molecule has 0 spiro atoms. The molecule has 4 fully saturated rings. The molecular formula is C29H27N5O2. The van der Waals surface area contributed by atoms with Crippen LogP contribution < -0.4 is 10.6 Å². The summed E-state index contributed by atoms with van der Waals surface area (Å²) in [5.41, 5.74) is 4.30. The number of aromatic nitrogens is 3. The topological polar surface area (TPSA) is 99.8 Å². The summed E-state index contributed by atoms with van der Waals surface area (Å²) >= 11 is 0. The van der Waals surface area contributed by atoms with Crippen LogP contribution in [0.25, 0.3) is 22.4 Å². The Bertz CT molecular complexity index is 1460. The van der Waals surface area contributed by atoms with Crippen LogP contribution >= 0.6 is 0 Å². The molecule has 8 rings (SSSR count). The molecule has 4 aliphatic carbocycles. The van der Waals surface area contributed by atoms with Crippen LogP contribution in [0.4, 0.5) is 11.4 Å². The smallest absolute Gasteiger partial charge is 0.274 e. The van der Waals surface area contributed by atoms with E-state index < -0.39 is 0 Å². The Morgan fingerprint density at radius 3 is 2.42 bits per heavy atom. The van der Waals surface area contributed by atoms with E-state index in [1.54, 1.807) is 24.4 Å². The van der Waals surface area contributed by atoms with Gasteiger partial charge in [0, 0.05) is 23.1 Å². The van der Waals surface area contributed by atoms with Crippen LogP contribution in [0.15, 0.2) is 66.9 Å². The van der Waals surface area contributed by atoms with Crippen molar-refractivity contribution in [2.45, 2.75) is 32.1 Å². The molecule has 2 unspecified atom stereocenters. The van der Waals surface area contributed by atoms with Gasteiger partial charge in [0.1, 0.15) is 11.5 Å². The summed E-state index contributed by atoms with van der Waals surface area (Å²) in [7, 11) is 0. The second kappa shape index (κ2) is 8.01. The molecule has 7 heteroatoms. The highest BCUT2D eigenvalue weighted by atomic mass is 16.2. The van der Waals surface area contributed by atoms with Crippen molar-refractivity contribution in [1.29, 1.82) is 0 Å². The minimum atomic E-state index is -0.259. The summed E-state index contributed by atoms with van der Waals surface area (Å²) < 4.78 is 0. The molecule has 2 atom stereocenters. The van der Waals surface area contributed by atoms with E-state index in [2.05, 4.69) is 20.6 Å². The number of nitrogens with zero attached hydrogens (tertiary/aromatic N) is 2. The first-order chi connectivity index (χ1) is 17.6. The van der Waals surface area contributed by atoms with Crippen LogP contribution in [0.3, 0.4) is 0 Å². The first-order valence-corrected chi connectivity index (χ1v) is 12.7. The van der Waals surface area contributed by atoms with Crippen molar-refractivity contribution < 1.29 is 9.59 Å². The number of anilines is 2. The van der Waals surface area contributed by atoms with Crippen LogP contribution in [0.2, 0.25) is 0 Å². The molecule has 2 amide bonds. The molecule has 4 aliphatic rings. The van der Waals surface area contributed by atoms with Gasteiger partial charge in [-0.05, 0) is 104 Å². The van der Waals surface area contributed by atoms with E-state index >= 15 is 0 Å². The van der Waals surface area contributed by atoms with Crippen molar-refractivity contribution in [1.82, 2.24) is 15.0 Å². The molecule has 2 aromatic heterocycles. The highest BCUT2D eigenvalue weighted by Gasteiger charge is 2.61. The van der Waals surface area contributed by atoms with Crippen molar-refractivity contribution in [3.05, 3.63) is 72.6 Å². The Kier molecular flexibility index (Phi) is 4.74. The van der Waals surface area contributed by atoms with Crippen LogP contribution in [-0.2, 0) is 4.79 Å². The highest BCUT2D eigenvalue weighted by Crippen LogP contribution is 2.65. The van der Waals surface area contributed by atoms with E-state index in [0.717, 1.165) is 52.8 Å². The third kappa shape index (κ3) is 3.49. The maximum atomic E-state index is 13.3. The molecule has 36 heavy (non-hydrogen) atoms. The van der Waals surface area contributed by atoms with Crippen LogP contribution in [0.5, 0.6) is 0 Å². The van der Waals surface area contributed by atoms with Gasteiger partial charge in [-0.2, -0.15) is 0 Å². The SMILES string of the molecule is O=C(Nc1ccc2nc(-c3ccc(NC(=O)C45CC6CC(CC4C6)C5)cc3)[nH]c2c1)c1ccccn1. The quantitative estimate of drug-likeness (QED) is 0.346. The lowest BCUT2D eigenvalue weighted by Crippen LogP contribution is -2.37. The number of pyridine rings is 1. The van der Waals surface area contributed by atoms with E-state index in [0.29, 0.717) is 17.3 Å². The normalized spacial score (nSPS) is 25.8. The number of aromatic amines is 1. The van der Waals surface area contributed by atoms with Gasteiger partial charge in [0.2, 0.25) is 5.91 Å².